The lowest BCUT2D eigenvalue weighted by Crippen LogP contribution is -2.42. The fraction of sp³-hybridized carbons (Fsp3) is 0.292. The molecule has 8 rings (SSSR count). The van der Waals surface area contributed by atoms with Gasteiger partial charge in [0.1, 0.15) is 19.9 Å². The lowest BCUT2D eigenvalue weighted by atomic mass is 10.1. The molecule has 2 aromatic heterocycles. The van der Waals surface area contributed by atoms with Gasteiger partial charge in [0.05, 0.1) is 27.3 Å². The SMILES string of the molecule is COc1cccc(C(=O)NCc2ccc(S(=O)(=O)N3CCC(Nc4ccc(Cl)cc4)CC3)s2)c1.COc1cccc(C(=O)NCc2ccc(S(=O)(=O)N3CCC(Nc4cccc(Cl)c4)CC3)s2)c1. The number of ether oxygens (including phenoxy) is 2. The van der Waals surface area contributed by atoms with Crippen molar-refractivity contribution in [1.82, 2.24) is 19.2 Å². The van der Waals surface area contributed by atoms with E-state index in [9.17, 15) is 26.4 Å². The molecular weight excluding hydrogens is 988 g/mol. The van der Waals surface area contributed by atoms with Gasteiger partial charge in [0.25, 0.3) is 31.9 Å². The van der Waals surface area contributed by atoms with Crippen LogP contribution in [0.4, 0.5) is 11.4 Å². The summed E-state index contributed by atoms with van der Waals surface area (Å²) in [6.45, 7) is 2.30. The number of benzene rings is 4. The second-order valence-electron chi connectivity index (χ2n) is 15.9. The van der Waals surface area contributed by atoms with Crippen LogP contribution in [0.3, 0.4) is 0 Å². The van der Waals surface area contributed by atoms with E-state index in [1.165, 1.54) is 31.3 Å². The van der Waals surface area contributed by atoms with Crippen LogP contribution in [-0.4, -0.2) is 89.7 Å². The van der Waals surface area contributed by atoms with Crippen LogP contribution < -0.4 is 30.7 Å². The maximum absolute atomic E-state index is 13.1. The van der Waals surface area contributed by atoms with Crippen molar-refractivity contribution in [3.05, 3.63) is 152 Å². The first-order chi connectivity index (χ1) is 32.7. The Morgan fingerprint density at radius 1 is 0.559 bits per heavy atom. The van der Waals surface area contributed by atoms with Gasteiger partial charge in [-0.05, 0) is 129 Å². The molecule has 2 aliphatic heterocycles. The number of piperidine rings is 2. The fourth-order valence-corrected chi connectivity index (χ4v) is 13.7. The van der Waals surface area contributed by atoms with Gasteiger partial charge < -0.3 is 30.7 Å². The van der Waals surface area contributed by atoms with E-state index in [-0.39, 0.29) is 37.0 Å². The summed E-state index contributed by atoms with van der Waals surface area (Å²) in [5, 5.41) is 13.9. The maximum atomic E-state index is 13.1. The lowest BCUT2D eigenvalue weighted by molar-refractivity contribution is 0.0943. The zero-order valence-electron chi connectivity index (χ0n) is 37.3. The Kier molecular flexibility index (Phi) is 17.5. The number of methoxy groups -OCH3 is 2. The highest BCUT2D eigenvalue weighted by atomic mass is 35.5. The lowest BCUT2D eigenvalue weighted by Gasteiger charge is -2.31. The standard InChI is InChI=1S/2C24H26ClN3O4S2/c1-32-21-7-2-4-17(14-21)24(29)26-16-22-8-9-23(33-22)34(30,31)28-12-10-19(11-13-28)27-20-6-3-5-18(25)15-20;1-32-21-4-2-3-17(15-21)24(29)26-16-22-9-10-23(33-22)34(30,31)28-13-11-20(12-14-28)27-19-7-5-18(25)6-8-19/h2-9,14-15,19,27H,10-13,16H2,1H3,(H,26,29);2-10,15,20,27H,11-14,16H2,1H3,(H,26,29). The van der Waals surface area contributed by atoms with Crippen LogP contribution in [0.15, 0.2) is 130 Å². The molecule has 0 bridgehead atoms. The van der Waals surface area contributed by atoms with Crippen molar-refractivity contribution >= 4 is 89.1 Å². The predicted octanol–water partition coefficient (Wildman–Crippen LogP) is 9.21. The van der Waals surface area contributed by atoms with E-state index in [0.717, 1.165) is 34.0 Å². The number of rotatable bonds is 16. The molecule has 360 valence electrons. The number of hydrogen-bond acceptors (Lipinski definition) is 12. The third-order valence-electron chi connectivity index (χ3n) is 11.3. The molecule has 2 aliphatic rings. The van der Waals surface area contributed by atoms with Gasteiger partial charge in [-0.2, -0.15) is 8.61 Å². The van der Waals surface area contributed by atoms with Gasteiger partial charge in [-0.3, -0.25) is 9.59 Å². The van der Waals surface area contributed by atoms with Crippen molar-refractivity contribution in [2.75, 3.05) is 51.0 Å². The van der Waals surface area contributed by atoms with Gasteiger partial charge in [-0.1, -0.05) is 41.4 Å². The quantitative estimate of drug-likeness (QED) is 0.0732. The smallest absolute Gasteiger partial charge is 0.252 e. The number of nitrogens with zero attached hydrogens (tertiary/aromatic N) is 2. The first kappa shape index (κ1) is 50.7. The Balaban J connectivity index is 0.000000201. The highest BCUT2D eigenvalue weighted by Gasteiger charge is 2.32. The monoisotopic (exact) mass is 1040 g/mol. The molecule has 2 fully saturated rings. The Morgan fingerprint density at radius 3 is 1.44 bits per heavy atom. The van der Waals surface area contributed by atoms with Crippen LogP contribution in [0.2, 0.25) is 10.0 Å². The van der Waals surface area contributed by atoms with E-state index in [4.69, 9.17) is 32.7 Å². The average molecular weight is 1040 g/mol. The van der Waals surface area contributed by atoms with Crippen molar-refractivity contribution < 1.29 is 35.9 Å². The normalized spacial score (nSPS) is 15.1. The number of sulfonamides is 2. The Labute approximate surface area is 415 Å². The van der Waals surface area contributed by atoms with Crippen molar-refractivity contribution in [1.29, 1.82) is 0 Å². The van der Waals surface area contributed by atoms with E-state index in [0.29, 0.717) is 80.1 Å². The van der Waals surface area contributed by atoms with E-state index in [1.54, 1.807) is 87.0 Å². The maximum Gasteiger partial charge on any atom is 0.252 e. The average Bonchev–Trinajstić information content (AvgIpc) is 4.06. The van der Waals surface area contributed by atoms with Crippen molar-refractivity contribution in [2.45, 2.75) is 59.3 Å². The minimum absolute atomic E-state index is 0.190. The third-order valence-corrected chi connectivity index (χ3v) is 18.7. The molecular formula is C48H52Cl2N6O8S4. The third kappa shape index (κ3) is 13.5. The first-order valence-electron chi connectivity index (χ1n) is 21.8. The summed E-state index contributed by atoms with van der Waals surface area (Å²) in [7, 11) is -4.05. The van der Waals surface area contributed by atoms with E-state index >= 15 is 0 Å². The van der Waals surface area contributed by atoms with Crippen molar-refractivity contribution in [3.8, 4) is 11.5 Å². The summed E-state index contributed by atoms with van der Waals surface area (Å²) in [4.78, 5) is 26.4. The molecule has 14 nitrogen and oxygen atoms in total. The number of nitrogens with one attached hydrogen (secondary N) is 4. The Bertz CT molecular complexity index is 2880. The Morgan fingerprint density at radius 2 is 1.00 bits per heavy atom. The minimum atomic E-state index is -3.57. The summed E-state index contributed by atoms with van der Waals surface area (Å²) >= 11 is 14.3. The fourth-order valence-electron chi connectivity index (χ4n) is 7.58. The van der Waals surface area contributed by atoms with Gasteiger partial charge >= 0.3 is 0 Å². The van der Waals surface area contributed by atoms with Crippen LogP contribution >= 0.6 is 45.9 Å². The number of hydrogen-bond donors (Lipinski definition) is 4. The van der Waals surface area contributed by atoms with Gasteiger partial charge in [0.2, 0.25) is 0 Å². The van der Waals surface area contributed by atoms with Crippen LogP contribution in [-0.2, 0) is 33.1 Å². The molecule has 0 unspecified atom stereocenters. The van der Waals surface area contributed by atoms with Crippen LogP contribution in [0.5, 0.6) is 11.5 Å². The highest BCUT2D eigenvalue weighted by molar-refractivity contribution is 7.91. The van der Waals surface area contributed by atoms with Gasteiger partial charge in [0, 0.05) is 80.6 Å². The molecule has 68 heavy (non-hydrogen) atoms. The van der Waals surface area contributed by atoms with Gasteiger partial charge in [-0.25, -0.2) is 16.8 Å². The number of carbonyl (C=O) groups is 2. The molecule has 0 spiro atoms. The highest BCUT2D eigenvalue weighted by Crippen LogP contribution is 2.30. The number of amides is 2. The molecule has 0 aliphatic carbocycles. The zero-order chi connectivity index (χ0) is 48.3. The summed E-state index contributed by atoms with van der Waals surface area (Å²) in [6, 6.07) is 35.9. The predicted molar refractivity (Wildman–Crippen MR) is 271 cm³/mol. The van der Waals surface area contributed by atoms with Gasteiger partial charge in [0.15, 0.2) is 0 Å². The summed E-state index contributed by atoms with van der Waals surface area (Å²) < 4.78 is 66.5. The molecule has 0 atom stereocenters. The van der Waals surface area contributed by atoms with Crippen LogP contribution in [0.25, 0.3) is 0 Å². The van der Waals surface area contributed by atoms with Crippen LogP contribution in [0.1, 0.15) is 56.2 Å². The molecule has 20 heteroatoms. The molecule has 6 aromatic rings. The first-order valence-corrected chi connectivity index (χ1v) is 27.0. The molecule has 0 saturated carbocycles. The summed E-state index contributed by atoms with van der Waals surface area (Å²) in [5.74, 6) is 0.714. The Hall–Kier alpha value is -5.18. The van der Waals surface area contributed by atoms with E-state index in [2.05, 4.69) is 21.3 Å². The van der Waals surface area contributed by atoms with E-state index < -0.39 is 20.0 Å². The number of halogens is 2. The molecule has 4 heterocycles. The van der Waals surface area contributed by atoms with Gasteiger partial charge in [-0.15, -0.1) is 22.7 Å². The van der Waals surface area contributed by atoms with Crippen LogP contribution in [0, 0.1) is 0 Å². The molecule has 4 aromatic carbocycles. The number of thiophene rings is 2. The molecule has 2 saturated heterocycles. The van der Waals surface area contributed by atoms with Crippen molar-refractivity contribution in [3.63, 3.8) is 0 Å². The molecule has 4 N–H and O–H groups in total. The number of anilines is 2. The largest absolute Gasteiger partial charge is 0.497 e. The van der Waals surface area contributed by atoms with Crippen molar-refractivity contribution in [2.24, 2.45) is 0 Å². The summed E-state index contributed by atoms with van der Waals surface area (Å²) in [5.41, 5.74) is 2.88. The topological polar surface area (TPSA) is 175 Å². The molecule has 0 radical (unpaired) electrons. The van der Waals surface area contributed by atoms with E-state index in [1.807, 2.05) is 48.5 Å². The second kappa shape index (κ2) is 23.4. The zero-order valence-corrected chi connectivity index (χ0v) is 42.1. The summed E-state index contributed by atoms with van der Waals surface area (Å²) in [6.07, 6.45) is 2.86. The minimum Gasteiger partial charge on any atom is -0.497 e. The number of carbonyl (C=O) groups excluding carboxylic acids is 2. The second-order valence-corrected chi connectivity index (χ2v) is 23.5. The molecule has 2 amide bonds.